The molecule has 0 heterocycles. The van der Waals surface area contributed by atoms with Gasteiger partial charge in [0.2, 0.25) is 0 Å². The average Bonchev–Trinajstić information content (AvgIpc) is 0.722. The van der Waals surface area contributed by atoms with E-state index in [4.69, 9.17) is 0 Å². The maximum atomic E-state index is 9.90. The van der Waals surface area contributed by atoms with Crippen molar-refractivity contribution >= 4 is 31.6 Å². The quantitative estimate of drug-likeness (QED) is 0.398. The van der Waals surface area contributed by atoms with Crippen molar-refractivity contribution in [1.82, 2.24) is 0 Å². The van der Waals surface area contributed by atoms with Crippen molar-refractivity contribution in [2.75, 3.05) is 0 Å². The zero-order valence-electron chi connectivity index (χ0n) is 2.01. The Morgan fingerprint density at radius 1 is 0.833 bits per heavy atom. The standard InChI is InChI=1S/4FH.H4Si.Sn/h4*1H;1H4;/q;;;;;+4/p-4. The average molecular weight is 227 g/mol. The van der Waals surface area contributed by atoms with E-state index in [1.165, 1.54) is 0 Å². The van der Waals surface area contributed by atoms with Crippen molar-refractivity contribution in [1.29, 1.82) is 0 Å². The Hall–Kier alpha value is 0.736. The molecule has 0 aliphatic rings. The van der Waals surface area contributed by atoms with Gasteiger partial charge in [-0.2, -0.15) is 0 Å². The molecule has 6 heteroatoms. The van der Waals surface area contributed by atoms with Crippen LogP contribution in [0.4, 0.5) is 11.5 Å². The maximum absolute atomic E-state index is 9.90. The summed E-state index contributed by atoms with van der Waals surface area (Å²) in [4.78, 5) is 0. The molecule has 0 unspecified atom stereocenters. The second-order valence-electron chi connectivity index (χ2n) is 0.429. The maximum Gasteiger partial charge on any atom is -0.0149 e. The third kappa shape index (κ3) is 122. The summed E-state index contributed by atoms with van der Waals surface area (Å²) in [6.07, 6.45) is 0. The molecule has 0 saturated heterocycles. The van der Waals surface area contributed by atoms with Gasteiger partial charge in [-0.1, -0.05) is 0 Å². The van der Waals surface area contributed by atoms with Crippen LogP contribution in [0.15, 0.2) is 0 Å². The topological polar surface area (TPSA) is 0 Å². The minimum absolute atomic E-state index is 0. The van der Waals surface area contributed by atoms with E-state index in [9.17, 15) is 11.5 Å². The zero-order valence-corrected chi connectivity index (χ0v) is 4.87. The van der Waals surface area contributed by atoms with E-state index in [2.05, 4.69) is 0 Å². The summed E-state index contributed by atoms with van der Waals surface area (Å²) < 4.78 is 39.6. The van der Waals surface area contributed by atoms with Crippen LogP contribution in [0.3, 0.4) is 0 Å². The minimum atomic E-state index is -7.18. The van der Waals surface area contributed by atoms with Crippen LogP contribution in [0.5, 0.6) is 0 Å². The van der Waals surface area contributed by atoms with E-state index in [0.717, 1.165) is 0 Å². The normalized spacial score (nSPS) is 10.0. The van der Waals surface area contributed by atoms with Gasteiger partial charge in [-0.3, -0.25) is 0 Å². The fraction of sp³-hybridized carbons (Fsp3) is 0. The molecular formula is H4F4SiSn. The second kappa shape index (κ2) is 2.84. The molecule has 0 spiro atoms. The van der Waals surface area contributed by atoms with Crippen molar-refractivity contribution in [2.24, 2.45) is 0 Å². The first kappa shape index (κ1) is 9.88. The molecule has 0 radical (unpaired) electrons. The van der Waals surface area contributed by atoms with Gasteiger partial charge in [0.1, 0.15) is 0 Å². The molecule has 0 atom stereocenters. The molecule has 40 valence electrons. The first-order chi connectivity index (χ1) is 2.00. The number of rotatable bonds is 0. The van der Waals surface area contributed by atoms with Gasteiger partial charge in [0.25, 0.3) is 0 Å². The summed E-state index contributed by atoms with van der Waals surface area (Å²) >= 11 is -7.18. The van der Waals surface area contributed by atoms with Gasteiger partial charge in [-0.05, 0) is 11.0 Å². The van der Waals surface area contributed by atoms with Crippen molar-refractivity contribution in [3.8, 4) is 0 Å². The Kier molecular flexibility index (Phi) is 4.67. The zero-order chi connectivity index (χ0) is 4.50. The number of halogens is 4. The first-order valence-corrected chi connectivity index (χ1v) is 5.07. The monoisotopic (exact) mass is 228 g/mol. The van der Waals surface area contributed by atoms with Gasteiger partial charge >= 0.3 is 32.1 Å². The fourth-order valence-corrected chi connectivity index (χ4v) is 0. The van der Waals surface area contributed by atoms with E-state index >= 15 is 0 Å². The molecule has 0 aliphatic carbocycles. The van der Waals surface area contributed by atoms with Crippen molar-refractivity contribution < 1.29 is 11.5 Å². The predicted molar refractivity (Wildman–Crippen MR) is 21.5 cm³/mol. The summed E-state index contributed by atoms with van der Waals surface area (Å²) in [5.41, 5.74) is 0. The van der Waals surface area contributed by atoms with Crippen LogP contribution in [0, 0.1) is 0 Å². The molecule has 0 aromatic rings. The predicted octanol–water partition coefficient (Wildman–Crippen LogP) is -0.152. The van der Waals surface area contributed by atoms with Crippen molar-refractivity contribution in [3.05, 3.63) is 0 Å². The number of hydrogen-bond donors (Lipinski definition) is 0. The molecule has 0 amide bonds. The Morgan fingerprint density at radius 2 is 0.833 bits per heavy atom. The third-order valence-electron chi connectivity index (χ3n) is 0. The Bertz CT molecular complexity index is 23.0. The van der Waals surface area contributed by atoms with Crippen LogP contribution in [-0.4, -0.2) is 31.6 Å². The summed E-state index contributed by atoms with van der Waals surface area (Å²) in [5, 5.41) is 0. The second-order valence-corrected chi connectivity index (χ2v) is 2.87. The smallest absolute Gasteiger partial charge is 0.0149 e. The molecule has 0 aromatic carbocycles. The molecule has 0 rings (SSSR count). The fourth-order valence-electron chi connectivity index (χ4n) is 0. The van der Waals surface area contributed by atoms with Crippen molar-refractivity contribution in [3.63, 3.8) is 0 Å². The van der Waals surface area contributed by atoms with Crippen LogP contribution in [0.2, 0.25) is 0 Å². The van der Waals surface area contributed by atoms with Crippen LogP contribution >= 0.6 is 0 Å². The summed E-state index contributed by atoms with van der Waals surface area (Å²) in [6.45, 7) is 0. The Balaban J connectivity index is 0. The Morgan fingerprint density at radius 3 is 0.833 bits per heavy atom. The Labute approximate surface area is 43.5 Å². The SMILES string of the molecule is [F][Sn]([F])([F])[F].[SiH4]. The molecule has 0 nitrogen and oxygen atoms in total. The van der Waals surface area contributed by atoms with Gasteiger partial charge in [0.15, 0.2) is 0 Å². The molecule has 0 saturated carbocycles. The molecule has 0 fully saturated rings. The van der Waals surface area contributed by atoms with Crippen LogP contribution in [0.1, 0.15) is 0 Å². The molecular weight excluding hydrogens is 223 g/mol. The van der Waals surface area contributed by atoms with E-state index < -0.39 is 20.7 Å². The van der Waals surface area contributed by atoms with Gasteiger partial charge in [0.05, 0.1) is 0 Å². The van der Waals surface area contributed by atoms with Crippen molar-refractivity contribution in [2.45, 2.75) is 0 Å². The van der Waals surface area contributed by atoms with Gasteiger partial charge in [0, 0.05) is 0 Å². The molecule has 6 heavy (non-hydrogen) atoms. The third-order valence-corrected chi connectivity index (χ3v) is 0. The van der Waals surface area contributed by atoms with Gasteiger partial charge < -0.3 is 0 Å². The molecule has 0 aromatic heterocycles. The number of hydrogen-bond acceptors (Lipinski definition) is 0. The van der Waals surface area contributed by atoms with Crippen LogP contribution < -0.4 is 0 Å². The van der Waals surface area contributed by atoms with E-state index in [1.54, 1.807) is 0 Å². The molecule has 0 aliphatic heterocycles. The van der Waals surface area contributed by atoms with E-state index in [0.29, 0.717) is 0 Å². The first-order valence-electron chi connectivity index (χ1n) is 0.756. The minimum Gasteiger partial charge on any atom is -0.0149 e. The van der Waals surface area contributed by atoms with E-state index in [1.807, 2.05) is 0 Å². The van der Waals surface area contributed by atoms with Gasteiger partial charge in [-0.25, -0.2) is 0 Å². The largest absolute Gasteiger partial charge is 0.0149 e. The molecule has 0 N–H and O–H groups in total. The van der Waals surface area contributed by atoms with E-state index in [-0.39, 0.29) is 11.0 Å². The summed E-state index contributed by atoms with van der Waals surface area (Å²) in [6, 6.07) is 0. The summed E-state index contributed by atoms with van der Waals surface area (Å²) in [5.74, 6) is 0. The molecule has 0 bridgehead atoms. The van der Waals surface area contributed by atoms with Crippen LogP contribution in [-0.2, 0) is 0 Å². The van der Waals surface area contributed by atoms with Gasteiger partial charge in [-0.15, -0.1) is 0 Å². The summed E-state index contributed by atoms with van der Waals surface area (Å²) in [7, 11) is 0. The van der Waals surface area contributed by atoms with Crippen LogP contribution in [0.25, 0.3) is 0 Å².